The van der Waals surface area contributed by atoms with Gasteiger partial charge in [-0.05, 0) is 31.6 Å². The van der Waals surface area contributed by atoms with E-state index in [4.69, 9.17) is 10.00 Å². The number of aromatic nitrogens is 1. The molecule has 0 unspecified atom stereocenters. The Labute approximate surface area is 94.2 Å². The van der Waals surface area contributed by atoms with Gasteiger partial charge in [0.25, 0.3) is 0 Å². The molecule has 4 heteroatoms. The van der Waals surface area contributed by atoms with Crippen LogP contribution in [0.3, 0.4) is 0 Å². The molecule has 16 heavy (non-hydrogen) atoms. The van der Waals surface area contributed by atoms with E-state index >= 15 is 0 Å². The van der Waals surface area contributed by atoms with Crippen molar-refractivity contribution in [1.29, 1.82) is 5.26 Å². The second-order valence-corrected chi connectivity index (χ2v) is 3.05. The standard InChI is InChI=1S/C12H12N2O2/c1-3-16-12(15)10(8-13)9(2)11-6-4-5-7-14-11/h4-7H,3H2,1-2H3. The number of nitrogens with zero attached hydrogens (tertiary/aromatic N) is 2. The lowest BCUT2D eigenvalue weighted by Crippen LogP contribution is -2.08. The highest BCUT2D eigenvalue weighted by Crippen LogP contribution is 2.16. The first-order valence-corrected chi connectivity index (χ1v) is 4.90. The number of pyridine rings is 1. The summed E-state index contributed by atoms with van der Waals surface area (Å²) in [7, 11) is 0. The van der Waals surface area contributed by atoms with Gasteiger partial charge in [0.15, 0.2) is 0 Å². The molecule has 82 valence electrons. The van der Waals surface area contributed by atoms with Gasteiger partial charge in [-0.1, -0.05) is 6.07 Å². The van der Waals surface area contributed by atoms with Crippen LogP contribution in [0.5, 0.6) is 0 Å². The number of carbonyl (C=O) groups is 1. The highest BCUT2D eigenvalue weighted by molar-refractivity contribution is 6.00. The number of hydrogen-bond donors (Lipinski definition) is 0. The van der Waals surface area contributed by atoms with Crippen LogP contribution >= 0.6 is 0 Å². The Balaban J connectivity index is 3.11. The van der Waals surface area contributed by atoms with Gasteiger partial charge in [0.05, 0.1) is 12.3 Å². The summed E-state index contributed by atoms with van der Waals surface area (Å²) in [4.78, 5) is 15.5. The van der Waals surface area contributed by atoms with E-state index in [-0.39, 0.29) is 12.2 Å². The Kier molecular flexibility index (Phi) is 4.22. The molecule has 1 heterocycles. The summed E-state index contributed by atoms with van der Waals surface area (Å²) in [5, 5.41) is 8.92. The van der Waals surface area contributed by atoms with Crippen molar-refractivity contribution in [2.24, 2.45) is 0 Å². The number of ether oxygens (including phenoxy) is 1. The first kappa shape index (κ1) is 11.9. The molecule has 0 bridgehead atoms. The van der Waals surface area contributed by atoms with Crippen molar-refractivity contribution in [3.63, 3.8) is 0 Å². The maximum Gasteiger partial charge on any atom is 0.349 e. The molecule has 0 aromatic carbocycles. The van der Waals surface area contributed by atoms with Gasteiger partial charge in [-0.15, -0.1) is 0 Å². The van der Waals surface area contributed by atoms with E-state index in [1.54, 1.807) is 38.2 Å². The SMILES string of the molecule is CCOC(=O)C(C#N)=C(C)c1ccccn1. The zero-order valence-electron chi connectivity index (χ0n) is 9.23. The molecular formula is C12H12N2O2. The number of rotatable bonds is 3. The third-order valence-corrected chi connectivity index (χ3v) is 2.02. The monoisotopic (exact) mass is 216 g/mol. The Morgan fingerprint density at radius 1 is 1.56 bits per heavy atom. The molecule has 0 fully saturated rings. The number of allylic oxidation sites excluding steroid dienone is 1. The molecule has 0 saturated heterocycles. The summed E-state index contributed by atoms with van der Waals surface area (Å²) in [6.07, 6.45) is 1.61. The number of esters is 1. The normalized spacial score (nSPS) is 11.3. The lowest BCUT2D eigenvalue weighted by molar-refractivity contribution is -0.137. The molecule has 0 aliphatic carbocycles. The minimum Gasteiger partial charge on any atom is -0.462 e. The summed E-state index contributed by atoms with van der Waals surface area (Å²) in [5.41, 5.74) is 1.13. The van der Waals surface area contributed by atoms with Crippen LogP contribution in [0, 0.1) is 11.3 Å². The average Bonchev–Trinajstić information content (AvgIpc) is 2.31. The smallest absolute Gasteiger partial charge is 0.349 e. The fraction of sp³-hybridized carbons (Fsp3) is 0.250. The first-order valence-electron chi connectivity index (χ1n) is 4.90. The van der Waals surface area contributed by atoms with Crippen LogP contribution in [-0.2, 0) is 9.53 Å². The van der Waals surface area contributed by atoms with E-state index in [2.05, 4.69) is 4.98 Å². The molecule has 0 aliphatic heterocycles. The predicted molar refractivity (Wildman–Crippen MR) is 59.1 cm³/mol. The quantitative estimate of drug-likeness (QED) is 0.440. The number of hydrogen-bond acceptors (Lipinski definition) is 4. The van der Waals surface area contributed by atoms with Crippen LogP contribution in [0.25, 0.3) is 5.57 Å². The van der Waals surface area contributed by atoms with Crippen LogP contribution in [-0.4, -0.2) is 17.6 Å². The number of nitriles is 1. The molecule has 0 saturated carbocycles. The average molecular weight is 216 g/mol. The fourth-order valence-electron chi connectivity index (χ4n) is 1.20. The zero-order valence-corrected chi connectivity index (χ0v) is 9.23. The van der Waals surface area contributed by atoms with Crippen LogP contribution in [0.15, 0.2) is 30.0 Å². The van der Waals surface area contributed by atoms with Gasteiger partial charge in [0.1, 0.15) is 11.6 Å². The Morgan fingerprint density at radius 2 is 2.31 bits per heavy atom. The third-order valence-electron chi connectivity index (χ3n) is 2.02. The lowest BCUT2D eigenvalue weighted by atomic mass is 10.1. The lowest BCUT2D eigenvalue weighted by Gasteiger charge is -2.04. The molecule has 0 amide bonds. The van der Waals surface area contributed by atoms with Gasteiger partial charge in [0.2, 0.25) is 0 Å². The van der Waals surface area contributed by atoms with Crippen LogP contribution in [0.1, 0.15) is 19.5 Å². The minimum atomic E-state index is -0.604. The van der Waals surface area contributed by atoms with Gasteiger partial charge in [-0.2, -0.15) is 5.26 Å². The van der Waals surface area contributed by atoms with Gasteiger partial charge in [0, 0.05) is 6.20 Å². The van der Waals surface area contributed by atoms with Crippen LogP contribution in [0.4, 0.5) is 0 Å². The Bertz CT molecular complexity index is 444. The van der Waals surface area contributed by atoms with Gasteiger partial charge < -0.3 is 4.74 Å². The molecule has 0 atom stereocenters. The Hall–Kier alpha value is -2.15. The van der Waals surface area contributed by atoms with Crippen molar-refractivity contribution in [3.05, 3.63) is 35.7 Å². The highest BCUT2D eigenvalue weighted by Gasteiger charge is 2.15. The van der Waals surface area contributed by atoms with E-state index in [0.717, 1.165) is 0 Å². The second kappa shape index (κ2) is 5.66. The van der Waals surface area contributed by atoms with Gasteiger partial charge >= 0.3 is 5.97 Å². The molecule has 1 aromatic heterocycles. The van der Waals surface area contributed by atoms with E-state index in [0.29, 0.717) is 11.3 Å². The van der Waals surface area contributed by atoms with E-state index in [1.807, 2.05) is 6.07 Å². The highest BCUT2D eigenvalue weighted by atomic mass is 16.5. The summed E-state index contributed by atoms with van der Waals surface area (Å²) in [6.45, 7) is 3.63. The minimum absolute atomic E-state index is 0.000509. The number of carbonyl (C=O) groups excluding carboxylic acids is 1. The largest absolute Gasteiger partial charge is 0.462 e. The Morgan fingerprint density at radius 3 is 2.81 bits per heavy atom. The first-order chi connectivity index (χ1) is 7.70. The van der Waals surface area contributed by atoms with Crippen molar-refractivity contribution >= 4 is 11.5 Å². The van der Waals surface area contributed by atoms with E-state index < -0.39 is 5.97 Å². The molecule has 4 nitrogen and oxygen atoms in total. The zero-order chi connectivity index (χ0) is 12.0. The third kappa shape index (κ3) is 2.67. The van der Waals surface area contributed by atoms with E-state index in [1.165, 1.54) is 0 Å². The summed E-state index contributed by atoms with van der Waals surface area (Å²) < 4.78 is 4.79. The molecule has 1 aromatic rings. The maximum absolute atomic E-state index is 11.5. The molecule has 1 rings (SSSR count). The summed E-state index contributed by atoms with van der Waals surface area (Å²) in [6, 6.07) is 7.16. The van der Waals surface area contributed by atoms with Crippen molar-refractivity contribution in [2.75, 3.05) is 6.61 Å². The van der Waals surface area contributed by atoms with Crippen molar-refractivity contribution in [1.82, 2.24) is 4.98 Å². The maximum atomic E-state index is 11.5. The molecule has 0 radical (unpaired) electrons. The van der Waals surface area contributed by atoms with E-state index in [9.17, 15) is 4.79 Å². The van der Waals surface area contributed by atoms with Gasteiger partial charge in [-0.25, -0.2) is 4.79 Å². The van der Waals surface area contributed by atoms with Crippen molar-refractivity contribution in [2.45, 2.75) is 13.8 Å². The van der Waals surface area contributed by atoms with Crippen LogP contribution in [0.2, 0.25) is 0 Å². The summed E-state index contributed by atoms with van der Waals surface area (Å²) in [5.74, 6) is -0.604. The molecule has 0 N–H and O–H groups in total. The predicted octanol–water partition coefficient (Wildman–Crippen LogP) is 1.94. The topological polar surface area (TPSA) is 63.0 Å². The molecule has 0 spiro atoms. The molecule has 0 aliphatic rings. The van der Waals surface area contributed by atoms with Crippen LogP contribution < -0.4 is 0 Å². The second-order valence-electron chi connectivity index (χ2n) is 3.05. The summed E-state index contributed by atoms with van der Waals surface area (Å²) >= 11 is 0. The molecular weight excluding hydrogens is 204 g/mol. The van der Waals surface area contributed by atoms with Gasteiger partial charge in [-0.3, -0.25) is 4.98 Å². The fourth-order valence-corrected chi connectivity index (χ4v) is 1.20. The van der Waals surface area contributed by atoms with Crippen molar-refractivity contribution < 1.29 is 9.53 Å². The van der Waals surface area contributed by atoms with Crippen molar-refractivity contribution in [3.8, 4) is 6.07 Å².